The van der Waals surface area contributed by atoms with Crippen molar-refractivity contribution in [3.63, 3.8) is 0 Å². The second-order valence-corrected chi connectivity index (χ2v) is 7.72. The van der Waals surface area contributed by atoms with E-state index in [0.29, 0.717) is 18.5 Å². The molecule has 2 atom stereocenters. The summed E-state index contributed by atoms with van der Waals surface area (Å²) in [5, 5.41) is 3.23. The summed E-state index contributed by atoms with van der Waals surface area (Å²) in [6, 6.07) is 9.91. The number of likely N-dealkylation sites (tertiary alicyclic amines) is 1. The van der Waals surface area contributed by atoms with E-state index >= 15 is 0 Å². The van der Waals surface area contributed by atoms with Gasteiger partial charge in [0, 0.05) is 17.5 Å². The lowest BCUT2D eigenvalue weighted by molar-refractivity contribution is -0.123. The Bertz CT molecular complexity index is 579. The van der Waals surface area contributed by atoms with E-state index in [1.165, 1.54) is 19.3 Å². The zero-order valence-corrected chi connectivity index (χ0v) is 15.2. The highest BCUT2D eigenvalue weighted by Crippen LogP contribution is 2.24. The average Bonchev–Trinajstić information content (AvgIpc) is 2.64. The first kappa shape index (κ1) is 18.1. The molecule has 0 bridgehead atoms. The van der Waals surface area contributed by atoms with Gasteiger partial charge in [-0.3, -0.25) is 14.5 Å². The second kappa shape index (κ2) is 8.61. The van der Waals surface area contributed by atoms with E-state index in [2.05, 4.69) is 17.1 Å². The maximum absolute atomic E-state index is 12.5. The van der Waals surface area contributed by atoms with Gasteiger partial charge in [0.05, 0.1) is 6.54 Å². The van der Waals surface area contributed by atoms with E-state index in [-0.39, 0.29) is 17.6 Å². The summed E-state index contributed by atoms with van der Waals surface area (Å²) in [4.78, 5) is 27.1. The lowest BCUT2D eigenvalue weighted by Gasteiger charge is -2.33. The molecule has 3 rings (SSSR count). The predicted octanol–water partition coefficient (Wildman–Crippen LogP) is 3.28. The Hall–Kier alpha value is -1.68. The van der Waals surface area contributed by atoms with E-state index < -0.39 is 0 Å². The highest BCUT2D eigenvalue weighted by Gasteiger charge is 2.28. The van der Waals surface area contributed by atoms with Crippen LogP contribution in [0.3, 0.4) is 0 Å². The van der Waals surface area contributed by atoms with Gasteiger partial charge in [-0.15, -0.1) is 0 Å². The third-order valence-electron chi connectivity index (χ3n) is 5.84. The predicted molar refractivity (Wildman–Crippen MR) is 99.5 cm³/mol. The molecule has 25 heavy (non-hydrogen) atoms. The highest BCUT2D eigenvalue weighted by molar-refractivity contribution is 5.97. The first-order valence-corrected chi connectivity index (χ1v) is 9.74. The molecule has 1 aliphatic carbocycles. The highest BCUT2D eigenvalue weighted by atomic mass is 16.2. The first-order chi connectivity index (χ1) is 12.1. The van der Waals surface area contributed by atoms with Crippen LogP contribution in [0.2, 0.25) is 0 Å². The van der Waals surface area contributed by atoms with Gasteiger partial charge in [0.25, 0.3) is 0 Å². The number of carbonyl (C=O) groups is 2. The number of Topliss-reactive ketones (excluding diaryl/α,β-unsaturated/α-hetero) is 1. The molecular weight excluding hydrogens is 312 g/mol. The van der Waals surface area contributed by atoms with Crippen molar-refractivity contribution in [3.8, 4) is 0 Å². The van der Waals surface area contributed by atoms with Gasteiger partial charge in [-0.2, -0.15) is 0 Å². The van der Waals surface area contributed by atoms with Crippen LogP contribution in [0.15, 0.2) is 30.3 Å². The third-order valence-corrected chi connectivity index (χ3v) is 5.84. The molecule has 0 radical (unpaired) electrons. The number of amides is 1. The number of nitrogens with one attached hydrogen (secondary N) is 1. The maximum Gasteiger partial charge on any atom is 0.234 e. The van der Waals surface area contributed by atoms with Crippen LogP contribution in [-0.2, 0) is 4.79 Å². The number of hydrogen-bond acceptors (Lipinski definition) is 3. The molecule has 1 heterocycles. The molecule has 0 spiro atoms. The summed E-state index contributed by atoms with van der Waals surface area (Å²) in [5.74, 6) is 1.08. The minimum Gasteiger partial charge on any atom is -0.352 e. The van der Waals surface area contributed by atoms with Crippen molar-refractivity contribution >= 4 is 11.7 Å². The molecule has 0 aromatic heterocycles. The fraction of sp³-hybridized carbons (Fsp3) is 0.619. The molecule has 4 heteroatoms. The van der Waals surface area contributed by atoms with Gasteiger partial charge in [0.1, 0.15) is 0 Å². The van der Waals surface area contributed by atoms with Gasteiger partial charge in [0.2, 0.25) is 5.91 Å². The lowest BCUT2D eigenvalue weighted by atomic mass is 9.86. The van der Waals surface area contributed by atoms with Crippen molar-refractivity contribution in [3.05, 3.63) is 35.9 Å². The minimum absolute atomic E-state index is 0.0973. The summed E-state index contributed by atoms with van der Waals surface area (Å²) >= 11 is 0. The van der Waals surface area contributed by atoms with Gasteiger partial charge in [-0.05, 0) is 44.7 Å². The van der Waals surface area contributed by atoms with Crippen LogP contribution in [0.5, 0.6) is 0 Å². The van der Waals surface area contributed by atoms with E-state index in [4.69, 9.17) is 0 Å². The zero-order chi connectivity index (χ0) is 17.6. The normalized spacial score (nSPS) is 25.5. The molecule has 136 valence electrons. The number of ketones is 1. The number of carbonyl (C=O) groups excluding carboxylic acids is 2. The van der Waals surface area contributed by atoms with Crippen LogP contribution in [0.4, 0.5) is 0 Å². The molecule has 1 aromatic carbocycles. The molecule has 0 unspecified atom stereocenters. The molecule has 4 nitrogen and oxygen atoms in total. The van der Waals surface area contributed by atoms with E-state index in [1.807, 2.05) is 30.3 Å². The van der Waals surface area contributed by atoms with Gasteiger partial charge < -0.3 is 5.32 Å². The number of hydrogen-bond donors (Lipinski definition) is 1. The average molecular weight is 342 g/mol. The molecule has 1 saturated heterocycles. The molecule has 2 aliphatic rings. The van der Waals surface area contributed by atoms with Crippen molar-refractivity contribution in [2.75, 3.05) is 19.6 Å². The van der Waals surface area contributed by atoms with Crippen LogP contribution >= 0.6 is 0 Å². The SMILES string of the molecule is C[C@H]1CCCC[C@@H]1NC(=O)CN1CCC(C(=O)c2ccccc2)CC1. The summed E-state index contributed by atoms with van der Waals surface area (Å²) in [5.41, 5.74) is 0.810. The fourth-order valence-electron chi connectivity index (χ4n) is 4.18. The molecule has 1 N–H and O–H groups in total. The summed E-state index contributed by atoms with van der Waals surface area (Å²) in [7, 11) is 0. The molecule has 2 fully saturated rings. The van der Waals surface area contributed by atoms with Gasteiger partial charge in [-0.25, -0.2) is 0 Å². The number of piperidine rings is 1. The van der Waals surface area contributed by atoms with Crippen LogP contribution < -0.4 is 5.32 Å². The monoisotopic (exact) mass is 342 g/mol. The molecule has 1 amide bonds. The van der Waals surface area contributed by atoms with Crippen molar-refractivity contribution < 1.29 is 9.59 Å². The Morgan fingerprint density at radius 3 is 2.40 bits per heavy atom. The molecular formula is C21H30N2O2. The molecule has 1 aromatic rings. The maximum atomic E-state index is 12.5. The van der Waals surface area contributed by atoms with E-state index in [0.717, 1.165) is 37.9 Å². The summed E-state index contributed by atoms with van der Waals surface area (Å²) < 4.78 is 0. The standard InChI is InChI=1S/C21H30N2O2/c1-16-7-5-6-10-19(16)22-20(24)15-23-13-11-18(12-14-23)21(25)17-8-3-2-4-9-17/h2-4,8-9,16,18-19H,5-7,10-15H2,1H3,(H,22,24)/t16-,19-/m0/s1. The van der Waals surface area contributed by atoms with E-state index in [1.54, 1.807) is 0 Å². The quantitative estimate of drug-likeness (QED) is 0.836. The first-order valence-electron chi connectivity index (χ1n) is 9.74. The second-order valence-electron chi connectivity index (χ2n) is 7.72. The Morgan fingerprint density at radius 1 is 1.04 bits per heavy atom. The van der Waals surface area contributed by atoms with E-state index in [9.17, 15) is 9.59 Å². The number of rotatable bonds is 5. The molecule has 1 aliphatic heterocycles. The van der Waals surface area contributed by atoms with Crippen LogP contribution in [0, 0.1) is 11.8 Å². The zero-order valence-electron chi connectivity index (χ0n) is 15.2. The van der Waals surface area contributed by atoms with Crippen molar-refractivity contribution in [2.24, 2.45) is 11.8 Å². The minimum atomic E-state index is 0.0973. The van der Waals surface area contributed by atoms with Crippen molar-refractivity contribution in [1.29, 1.82) is 0 Å². The van der Waals surface area contributed by atoms with Gasteiger partial charge in [-0.1, -0.05) is 50.1 Å². The number of benzene rings is 1. The smallest absolute Gasteiger partial charge is 0.234 e. The Kier molecular flexibility index (Phi) is 6.24. The van der Waals surface area contributed by atoms with Gasteiger partial charge >= 0.3 is 0 Å². The fourth-order valence-corrected chi connectivity index (χ4v) is 4.18. The van der Waals surface area contributed by atoms with Gasteiger partial charge in [0.15, 0.2) is 5.78 Å². The number of nitrogens with zero attached hydrogens (tertiary/aromatic N) is 1. The van der Waals surface area contributed by atoms with Crippen molar-refractivity contribution in [1.82, 2.24) is 10.2 Å². The van der Waals surface area contributed by atoms with Crippen molar-refractivity contribution in [2.45, 2.75) is 51.5 Å². The Morgan fingerprint density at radius 2 is 1.72 bits per heavy atom. The molecule has 1 saturated carbocycles. The largest absolute Gasteiger partial charge is 0.352 e. The third kappa shape index (κ3) is 4.91. The Labute approximate surface area is 151 Å². The summed E-state index contributed by atoms with van der Waals surface area (Å²) in [6.45, 7) is 4.37. The Balaban J connectivity index is 1.43. The lowest BCUT2D eigenvalue weighted by Crippen LogP contribution is -2.47. The van der Waals surface area contributed by atoms with Crippen LogP contribution in [-0.4, -0.2) is 42.3 Å². The summed E-state index contributed by atoms with van der Waals surface area (Å²) in [6.07, 6.45) is 6.54. The van der Waals surface area contributed by atoms with Crippen LogP contribution in [0.1, 0.15) is 55.8 Å². The topological polar surface area (TPSA) is 49.4 Å². The van der Waals surface area contributed by atoms with Crippen LogP contribution in [0.25, 0.3) is 0 Å².